The molecule has 1 aromatic carbocycles. The van der Waals surface area contributed by atoms with Gasteiger partial charge in [-0.2, -0.15) is 0 Å². The fourth-order valence-corrected chi connectivity index (χ4v) is 3.65. The van der Waals surface area contributed by atoms with E-state index in [9.17, 15) is 9.59 Å². The van der Waals surface area contributed by atoms with Crippen molar-refractivity contribution < 1.29 is 14.3 Å². The molecular formula is C20H24N2O3S. The van der Waals surface area contributed by atoms with E-state index in [4.69, 9.17) is 4.74 Å². The lowest BCUT2D eigenvalue weighted by molar-refractivity contribution is -0.131. The van der Waals surface area contributed by atoms with Crippen LogP contribution in [0.2, 0.25) is 0 Å². The molecule has 1 fully saturated rings. The van der Waals surface area contributed by atoms with E-state index in [1.165, 1.54) is 11.3 Å². The summed E-state index contributed by atoms with van der Waals surface area (Å²) in [5.74, 6) is 0.982. The van der Waals surface area contributed by atoms with Crippen LogP contribution in [0.4, 0.5) is 0 Å². The van der Waals surface area contributed by atoms with Gasteiger partial charge in [0.15, 0.2) is 0 Å². The number of benzene rings is 1. The van der Waals surface area contributed by atoms with E-state index >= 15 is 0 Å². The molecule has 0 saturated carbocycles. The van der Waals surface area contributed by atoms with E-state index in [-0.39, 0.29) is 17.9 Å². The normalized spacial score (nSPS) is 14.6. The Kier molecular flexibility index (Phi) is 5.93. The monoisotopic (exact) mass is 372 g/mol. The second kappa shape index (κ2) is 8.36. The summed E-state index contributed by atoms with van der Waals surface area (Å²) in [4.78, 5) is 29.3. The van der Waals surface area contributed by atoms with Gasteiger partial charge in [0.25, 0.3) is 5.91 Å². The molecule has 1 aromatic heterocycles. The molecule has 1 aliphatic heterocycles. The van der Waals surface area contributed by atoms with Crippen LogP contribution in [0.5, 0.6) is 5.75 Å². The number of ether oxygens (including phenoxy) is 1. The van der Waals surface area contributed by atoms with E-state index in [1.54, 1.807) is 0 Å². The first-order chi connectivity index (χ1) is 12.5. The molecule has 2 amide bonds. The molecule has 0 unspecified atom stereocenters. The predicted molar refractivity (Wildman–Crippen MR) is 103 cm³/mol. The Labute approximate surface area is 158 Å². The Morgan fingerprint density at radius 2 is 1.69 bits per heavy atom. The summed E-state index contributed by atoms with van der Waals surface area (Å²) in [6, 6.07) is 11.4. The zero-order valence-electron chi connectivity index (χ0n) is 15.2. The van der Waals surface area contributed by atoms with Crippen LogP contribution in [-0.2, 0) is 11.2 Å². The Morgan fingerprint density at radius 1 is 1.04 bits per heavy atom. The topological polar surface area (TPSA) is 49.9 Å². The highest BCUT2D eigenvalue weighted by atomic mass is 32.1. The van der Waals surface area contributed by atoms with Gasteiger partial charge in [0.1, 0.15) is 5.75 Å². The fourth-order valence-electron chi connectivity index (χ4n) is 2.96. The first-order valence-electron chi connectivity index (χ1n) is 8.89. The predicted octanol–water partition coefficient (Wildman–Crippen LogP) is 3.06. The smallest absolute Gasteiger partial charge is 0.264 e. The van der Waals surface area contributed by atoms with Gasteiger partial charge in [-0.05, 0) is 43.0 Å². The quantitative estimate of drug-likeness (QED) is 0.810. The van der Waals surface area contributed by atoms with Crippen LogP contribution in [0.15, 0.2) is 41.8 Å². The Hall–Kier alpha value is -2.34. The molecule has 1 saturated heterocycles. The fraction of sp³-hybridized carbons (Fsp3) is 0.400. The first-order valence-corrected chi connectivity index (χ1v) is 9.77. The minimum Gasteiger partial charge on any atom is -0.491 e. The number of thiophene rings is 1. The Balaban J connectivity index is 1.50. The lowest BCUT2D eigenvalue weighted by Crippen LogP contribution is -2.50. The molecule has 1 aliphatic rings. The molecule has 0 aliphatic carbocycles. The van der Waals surface area contributed by atoms with Crippen molar-refractivity contribution in [1.29, 1.82) is 0 Å². The molecule has 2 aromatic rings. The average Bonchev–Trinajstić information content (AvgIpc) is 3.17. The molecule has 0 spiro atoms. The summed E-state index contributed by atoms with van der Waals surface area (Å²) in [5, 5.41) is 1.91. The maximum absolute atomic E-state index is 12.5. The molecule has 26 heavy (non-hydrogen) atoms. The molecule has 138 valence electrons. The number of carbonyl (C=O) groups excluding carboxylic acids is 2. The number of hydrogen-bond donors (Lipinski definition) is 0. The Morgan fingerprint density at radius 3 is 2.27 bits per heavy atom. The third-order valence-electron chi connectivity index (χ3n) is 4.30. The van der Waals surface area contributed by atoms with Crippen LogP contribution in [0.25, 0.3) is 0 Å². The highest BCUT2D eigenvalue weighted by Gasteiger charge is 2.25. The standard InChI is InChI=1S/C20H24N2O3S/c1-15(2)25-17-7-5-16(6-8-17)14-19(23)21-9-11-22(12-10-21)20(24)18-4-3-13-26-18/h3-8,13,15H,9-12,14H2,1-2H3. The second-order valence-electron chi connectivity index (χ2n) is 6.64. The number of amides is 2. The van der Waals surface area contributed by atoms with Crippen LogP contribution < -0.4 is 4.74 Å². The summed E-state index contributed by atoms with van der Waals surface area (Å²) in [6.07, 6.45) is 0.511. The molecule has 0 N–H and O–H groups in total. The van der Waals surface area contributed by atoms with Gasteiger partial charge >= 0.3 is 0 Å². The molecule has 0 radical (unpaired) electrons. The van der Waals surface area contributed by atoms with Crippen molar-refractivity contribution in [3.63, 3.8) is 0 Å². The molecule has 6 heteroatoms. The molecule has 3 rings (SSSR count). The minimum atomic E-state index is 0.0628. The van der Waals surface area contributed by atoms with Crippen molar-refractivity contribution in [2.45, 2.75) is 26.4 Å². The highest BCUT2D eigenvalue weighted by molar-refractivity contribution is 7.12. The molecule has 2 heterocycles. The van der Waals surface area contributed by atoms with Crippen molar-refractivity contribution in [3.05, 3.63) is 52.2 Å². The van der Waals surface area contributed by atoms with Crippen LogP contribution in [0.3, 0.4) is 0 Å². The van der Waals surface area contributed by atoms with Crippen molar-refractivity contribution >= 4 is 23.2 Å². The Bertz CT molecular complexity index is 733. The molecular weight excluding hydrogens is 348 g/mol. The third-order valence-corrected chi connectivity index (χ3v) is 5.16. The summed E-state index contributed by atoms with van der Waals surface area (Å²) in [7, 11) is 0. The largest absolute Gasteiger partial charge is 0.491 e. The van der Waals surface area contributed by atoms with E-state index in [0.29, 0.717) is 32.6 Å². The number of piperazine rings is 1. The van der Waals surface area contributed by atoms with E-state index in [0.717, 1.165) is 16.2 Å². The van der Waals surface area contributed by atoms with Crippen LogP contribution in [0, 0.1) is 0 Å². The summed E-state index contributed by atoms with van der Waals surface area (Å²) >= 11 is 1.46. The summed E-state index contributed by atoms with van der Waals surface area (Å²) < 4.78 is 5.62. The third kappa shape index (κ3) is 4.64. The van der Waals surface area contributed by atoms with Crippen molar-refractivity contribution in [2.24, 2.45) is 0 Å². The van der Waals surface area contributed by atoms with Gasteiger partial charge in [0.2, 0.25) is 5.91 Å². The lowest BCUT2D eigenvalue weighted by Gasteiger charge is -2.34. The SMILES string of the molecule is CC(C)Oc1ccc(CC(=O)N2CCN(C(=O)c3cccs3)CC2)cc1. The van der Waals surface area contributed by atoms with E-state index < -0.39 is 0 Å². The van der Waals surface area contributed by atoms with Gasteiger partial charge in [0, 0.05) is 26.2 Å². The van der Waals surface area contributed by atoms with E-state index in [1.807, 2.05) is 65.4 Å². The number of rotatable bonds is 5. The van der Waals surface area contributed by atoms with Gasteiger partial charge in [-0.15, -0.1) is 11.3 Å². The number of hydrogen-bond acceptors (Lipinski definition) is 4. The summed E-state index contributed by atoms with van der Waals surface area (Å²) in [6.45, 7) is 6.32. The lowest BCUT2D eigenvalue weighted by atomic mass is 10.1. The number of carbonyl (C=O) groups is 2. The second-order valence-corrected chi connectivity index (χ2v) is 7.59. The van der Waals surface area contributed by atoms with Crippen LogP contribution in [-0.4, -0.2) is 53.9 Å². The minimum absolute atomic E-state index is 0.0628. The zero-order valence-corrected chi connectivity index (χ0v) is 16.0. The zero-order chi connectivity index (χ0) is 18.5. The highest BCUT2D eigenvalue weighted by Crippen LogP contribution is 2.16. The van der Waals surface area contributed by atoms with Crippen LogP contribution >= 0.6 is 11.3 Å². The average molecular weight is 372 g/mol. The van der Waals surface area contributed by atoms with Gasteiger partial charge in [-0.3, -0.25) is 9.59 Å². The first kappa shape index (κ1) is 18.5. The molecule has 0 atom stereocenters. The van der Waals surface area contributed by atoms with Crippen molar-refractivity contribution in [3.8, 4) is 5.75 Å². The van der Waals surface area contributed by atoms with E-state index in [2.05, 4.69) is 0 Å². The van der Waals surface area contributed by atoms with Gasteiger partial charge in [-0.25, -0.2) is 0 Å². The van der Waals surface area contributed by atoms with Gasteiger partial charge in [0.05, 0.1) is 17.4 Å². The van der Waals surface area contributed by atoms with Crippen LogP contribution in [0.1, 0.15) is 29.1 Å². The van der Waals surface area contributed by atoms with Crippen molar-refractivity contribution in [2.75, 3.05) is 26.2 Å². The van der Waals surface area contributed by atoms with Gasteiger partial charge in [-0.1, -0.05) is 18.2 Å². The maximum atomic E-state index is 12.5. The van der Waals surface area contributed by atoms with Crippen molar-refractivity contribution in [1.82, 2.24) is 9.80 Å². The molecule has 0 bridgehead atoms. The summed E-state index contributed by atoms with van der Waals surface area (Å²) in [5.41, 5.74) is 0.975. The van der Waals surface area contributed by atoms with Gasteiger partial charge < -0.3 is 14.5 Å². The maximum Gasteiger partial charge on any atom is 0.264 e. The molecule has 5 nitrogen and oxygen atoms in total. The number of nitrogens with zero attached hydrogens (tertiary/aromatic N) is 2.